The first kappa shape index (κ1) is 12.9. The molecule has 100 valence electrons. The lowest BCUT2D eigenvalue weighted by Gasteiger charge is -2.33. The molecule has 1 aromatic heterocycles. The van der Waals surface area contributed by atoms with Crippen LogP contribution in [0.1, 0.15) is 23.7 Å². The molecule has 1 fully saturated rings. The van der Waals surface area contributed by atoms with Gasteiger partial charge in [0.05, 0.1) is 5.56 Å². The van der Waals surface area contributed by atoms with Crippen molar-refractivity contribution in [1.29, 1.82) is 0 Å². The van der Waals surface area contributed by atoms with Gasteiger partial charge in [0, 0.05) is 12.4 Å². The topological polar surface area (TPSA) is 112 Å². The molecule has 1 aliphatic heterocycles. The van der Waals surface area contributed by atoms with Crippen molar-refractivity contribution in [3.8, 4) is 0 Å². The third-order valence-electron chi connectivity index (χ3n) is 2.78. The second-order valence-electron chi connectivity index (χ2n) is 4.04. The van der Waals surface area contributed by atoms with Gasteiger partial charge in [0.2, 0.25) is 17.8 Å². The minimum atomic E-state index is -1.13. The summed E-state index contributed by atoms with van der Waals surface area (Å²) in [5, 5.41) is 11.0. The number of imide groups is 1. The van der Waals surface area contributed by atoms with E-state index in [2.05, 4.69) is 15.3 Å². The Kier molecular flexibility index (Phi) is 3.41. The summed E-state index contributed by atoms with van der Waals surface area (Å²) in [7, 11) is 0. The number of carbonyl (C=O) groups is 3. The third-order valence-corrected chi connectivity index (χ3v) is 2.78. The maximum Gasteiger partial charge on any atom is 0.338 e. The van der Waals surface area contributed by atoms with Gasteiger partial charge in [0.25, 0.3) is 0 Å². The van der Waals surface area contributed by atoms with Gasteiger partial charge in [0.15, 0.2) is 0 Å². The molecule has 2 amide bonds. The Hall–Kier alpha value is -2.51. The molecule has 1 aliphatic rings. The van der Waals surface area contributed by atoms with Crippen LogP contribution in [0, 0.1) is 0 Å². The Balaban J connectivity index is 2.29. The van der Waals surface area contributed by atoms with Crippen LogP contribution >= 0.6 is 0 Å². The van der Waals surface area contributed by atoms with Gasteiger partial charge in [-0.2, -0.15) is 0 Å². The fourth-order valence-electron chi connectivity index (χ4n) is 1.86. The van der Waals surface area contributed by atoms with Crippen LogP contribution < -0.4 is 10.2 Å². The second kappa shape index (κ2) is 5.01. The predicted octanol–water partition coefficient (Wildman–Crippen LogP) is -0.584. The maximum absolute atomic E-state index is 11.7. The first-order chi connectivity index (χ1) is 9.02. The smallest absolute Gasteiger partial charge is 0.338 e. The molecule has 19 heavy (non-hydrogen) atoms. The van der Waals surface area contributed by atoms with Crippen LogP contribution in [0.25, 0.3) is 0 Å². The molecular weight excluding hydrogens is 252 g/mol. The zero-order chi connectivity index (χ0) is 14.0. The monoisotopic (exact) mass is 264 g/mol. The molecule has 8 nitrogen and oxygen atoms in total. The summed E-state index contributed by atoms with van der Waals surface area (Å²) < 4.78 is 0. The number of aromatic carboxylic acids is 1. The van der Waals surface area contributed by atoms with Gasteiger partial charge in [-0.25, -0.2) is 14.8 Å². The van der Waals surface area contributed by atoms with Gasteiger partial charge in [-0.3, -0.25) is 14.9 Å². The van der Waals surface area contributed by atoms with Crippen molar-refractivity contribution >= 4 is 23.7 Å². The van der Waals surface area contributed by atoms with Crippen molar-refractivity contribution in [2.75, 3.05) is 11.4 Å². The molecule has 0 radical (unpaired) electrons. The summed E-state index contributed by atoms with van der Waals surface area (Å²) >= 11 is 0. The summed E-state index contributed by atoms with van der Waals surface area (Å²) in [5.41, 5.74) is -0.0513. The molecule has 1 aromatic rings. The number of aromatic nitrogens is 2. The van der Waals surface area contributed by atoms with Gasteiger partial charge in [0.1, 0.15) is 12.6 Å². The van der Waals surface area contributed by atoms with Crippen LogP contribution in [-0.2, 0) is 9.59 Å². The molecule has 1 unspecified atom stereocenters. The standard InChI is InChI=1S/C11H12N4O4/c1-2-7-9(17)14-8(16)5-15(7)11-12-3-6(4-13-11)10(18)19/h3-4,7H,2,5H2,1H3,(H,18,19)(H,14,16,17). The highest BCUT2D eigenvalue weighted by molar-refractivity contribution is 6.04. The fourth-order valence-corrected chi connectivity index (χ4v) is 1.86. The molecule has 2 rings (SSSR count). The van der Waals surface area contributed by atoms with Crippen LogP contribution in [0.4, 0.5) is 5.95 Å². The van der Waals surface area contributed by atoms with E-state index in [1.807, 2.05) is 0 Å². The zero-order valence-electron chi connectivity index (χ0n) is 10.2. The Morgan fingerprint density at radius 1 is 1.47 bits per heavy atom. The van der Waals surface area contributed by atoms with Gasteiger partial charge in [-0.15, -0.1) is 0 Å². The van der Waals surface area contributed by atoms with E-state index in [9.17, 15) is 14.4 Å². The number of carboxylic acid groups (broad SMARTS) is 1. The second-order valence-corrected chi connectivity index (χ2v) is 4.04. The van der Waals surface area contributed by atoms with E-state index < -0.39 is 23.8 Å². The van der Waals surface area contributed by atoms with E-state index in [1.165, 1.54) is 4.90 Å². The van der Waals surface area contributed by atoms with Crippen molar-refractivity contribution in [3.63, 3.8) is 0 Å². The molecule has 0 aromatic carbocycles. The van der Waals surface area contributed by atoms with Gasteiger partial charge in [-0.05, 0) is 6.42 Å². The summed E-state index contributed by atoms with van der Waals surface area (Å²) in [4.78, 5) is 43.0. The quantitative estimate of drug-likeness (QED) is 0.702. The maximum atomic E-state index is 11.7. The highest BCUT2D eigenvalue weighted by Crippen LogP contribution is 2.16. The fraction of sp³-hybridized carbons (Fsp3) is 0.364. The van der Waals surface area contributed by atoms with Crippen molar-refractivity contribution in [2.24, 2.45) is 0 Å². The van der Waals surface area contributed by atoms with Crippen LogP contribution in [0.15, 0.2) is 12.4 Å². The molecule has 1 atom stereocenters. The van der Waals surface area contributed by atoms with E-state index in [0.717, 1.165) is 12.4 Å². The summed E-state index contributed by atoms with van der Waals surface area (Å²) in [6.45, 7) is 1.77. The zero-order valence-corrected chi connectivity index (χ0v) is 10.2. The number of piperazine rings is 1. The van der Waals surface area contributed by atoms with Crippen molar-refractivity contribution in [3.05, 3.63) is 18.0 Å². The first-order valence-electron chi connectivity index (χ1n) is 5.68. The Morgan fingerprint density at radius 2 is 2.11 bits per heavy atom. The highest BCUT2D eigenvalue weighted by atomic mass is 16.4. The average molecular weight is 264 g/mol. The molecule has 0 bridgehead atoms. The molecule has 1 saturated heterocycles. The van der Waals surface area contributed by atoms with E-state index in [-0.39, 0.29) is 18.1 Å². The number of anilines is 1. The summed E-state index contributed by atoms with van der Waals surface area (Å²) in [6, 6.07) is -0.534. The Bertz CT molecular complexity index is 528. The minimum Gasteiger partial charge on any atom is -0.478 e. The average Bonchev–Trinajstić information content (AvgIpc) is 2.38. The number of carbonyl (C=O) groups excluding carboxylic acids is 2. The van der Waals surface area contributed by atoms with Crippen LogP contribution in [-0.4, -0.2) is 45.4 Å². The Morgan fingerprint density at radius 3 is 2.63 bits per heavy atom. The number of carboxylic acids is 1. The van der Waals surface area contributed by atoms with E-state index in [1.54, 1.807) is 6.92 Å². The minimum absolute atomic E-state index is 0.0311. The van der Waals surface area contributed by atoms with Crippen LogP contribution in [0.5, 0.6) is 0 Å². The van der Waals surface area contributed by atoms with Gasteiger partial charge >= 0.3 is 5.97 Å². The number of amides is 2. The van der Waals surface area contributed by atoms with E-state index in [0.29, 0.717) is 6.42 Å². The SMILES string of the molecule is CCC1C(=O)NC(=O)CN1c1ncc(C(=O)O)cn1. The number of nitrogens with one attached hydrogen (secondary N) is 1. The molecule has 2 heterocycles. The number of hydrogen-bond acceptors (Lipinski definition) is 6. The number of nitrogens with zero attached hydrogens (tertiary/aromatic N) is 3. The normalized spacial score (nSPS) is 19.2. The molecule has 0 aliphatic carbocycles. The molecule has 0 spiro atoms. The third kappa shape index (κ3) is 2.51. The highest BCUT2D eigenvalue weighted by Gasteiger charge is 2.33. The molecule has 8 heteroatoms. The number of rotatable bonds is 3. The molecule has 0 saturated carbocycles. The van der Waals surface area contributed by atoms with E-state index >= 15 is 0 Å². The van der Waals surface area contributed by atoms with Crippen molar-refractivity contribution in [2.45, 2.75) is 19.4 Å². The van der Waals surface area contributed by atoms with Gasteiger partial charge in [-0.1, -0.05) is 6.92 Å². The van der Waals surface area contributed by atoms with E-state index in [4.69, 9.17) is 5.11 Å². The van der Waals surface area contributed by atoms with Crippen molar-refractivity contribution in [1.82, 2.24) is 15.3 Å². The first-order valence-corrected chi connectivity index (χ1v) is 5.68. The lowest BCUT2D eigenvalue weighted by Crippen LogP contribution is -2.58. The number of hydrogen-bond donors (Lipinski definition) is 2. The largest absolute Gasteiger partial charge is 0.478 e. The van der Waals surface area contributed by atoms with Crippen LogP contribution in [0.3, 0.4) is 0 Å². The summed E-state index contributed by atoms with van der Waals surface area (Å²) in [6.07, 6.45) is 2.78. The Labute approximate surface area is 108 Å². The van der Waals surface area contributed by atoms with Crippen LogP contribution in [0.2, 0.25) is 0 Å². The lowest BCUT2D eigenvalue weighted by atomic mass is 10.1. The van der Waals surface area contributed by atoms with Gasteiger partial charge < -0.3 is 10.0 Å². The summed E-state index contributed by atoms with van der Waals surface area (Å²) in [5.74, 6) is -1.80. The molecule has 2 N–H and O–H groups in total. The predicted molar refractivity (Wildman–Crippen MR) is 63.6 cm³/mol. The molecular formula is C11H12N4O4. The lowest BCUT2D eigenvalue weighted by molar-refractivity contribution is -0.133. The van der Waals surface area contributed by atoms with Crippen molar-refractivity contribution < 1.29 is 19.5 Å².